The number of nitrogens with one attached hydrogen (secondary N) is 1. The molecule has 7 heteroatoms. The molecular weight excluding hydrogens is 452 g/mol. The van der Waals surface area contributed by atoms with Crippen LogP contribution in [0.15, 0.2) is 60.8 Å². The lowest BCUT2D eigenvalue weighted by atomic mass is 9.97. The maximum Gasteiger partial charge on any atom is 0.325 e. The summed E-state index contributed by atoms with van der Waals surface area (Å²) in [6.07, 6.45) is 1.86. The number of piperazine rings is 1. The van der Waals surface area contributed by atoms with Crippen LogP contribution in [-0.4, -0.2) is 64.1 Å². The Kier molecular flexibility index (Phi) is 6.76. The molecule has 36 heavy (non-hydrogen) atoms. The number of nitrogens with zero attached hydrogens (tertiary/aromatic N) is 3. The van der Waals surface area contributed by atoms with E-state index in [1.165, 1.54) is 0 Å². The van der Waals surface area contributed by atoms with Gasteiger partial charge in [-0.1, -0.05) is 48.5 Å². The van der Waals surface area contributed by atoms with Crippen molar-refractivity contribution < 1.29 is 14.6 Å². The third kappa shape index (κ3) is 4.47. The Morgan fingerprint density at radius 3 is 2.44 bits per heavy atom. The molecule has 1 atom stereocenters. The minimum absolute atomic E-state index is 0.659. The number of pyridine rings is 1. The molecule has 2 N–H and O–H groups in total. The monoisotopic (exact) mass is 484 g/mol. The van der Waals surface area contributed by atoms with Crippen LogP contribution in [0.4, 0.5) is 0 Å². The van der Waals surface area contributed by atoms with Crippen LogP contribution in [-0.2, 0) is 11.3 Å². The number of methoxy groups -OCH3 is 1. The summed E-state index contributed by atoms with van der Waals surface area (Å²) in [5.41, 5.74) is 6.74. The number of carbonyl (C=O) groups is 1. The zero-order valence-electron chi connectivity index (χ0n) is 21.0. The van der Waals surface area contributed by atoms with Crippen molar-refractivity contribution in [1.29, 1.82) is 0 Å². The predicted molar refractivity (Wildman–Crippen MR) is 141 cm³/mol. The highest BCUT2D eigenvalue weighted by molar-refractivity contribution is 5.95. The summed E-state index contributed by atoms with van der Waals surface area (Å²) >= 11 is 0. The molecule has 4 aromatic rings. The second-order valence-corrected chi connectivity index (χ2v) is 9.42. The van der Waals surface area contributed by atoms with Gasteiger partial charge in [0.15, 0.2) is 0 Å². The van der Waals surface area contributed by atoms with Crippen molar-refractivity contribution in [2.75, 3.05) is 33.3 Å². The number of fused-ring (bicyclic) bond motifs is 1. The zero-order chi connectivity index (χ0) is 25.2. The van der Waals surface area contributed by atoms with Gasteiger partial charge in [0.2, 0.25) is 0 Å². The molecule has 5 rings (SSSR count). The zero-order valence-corrected chi connectivity index (χ0v) is 21.0. The second kappa shape index (κ2) is 10.1. The minimum atomic E-state index is -0.828. The molecule has 0 spiro atoms. The minimum Gasteiger partial charge on any atom is -0.496 e. The molecule has 0 saturated carbocycles. The van der Waals surface area contributed by atoms with Gasteiger partial charge in [-0.2, -0.15) is 0 Å². The van der Waals surface area contributed by atoms with Crippen LogP contribution in [0.25, 0.3) is 22.2 Å². The van der Waals surface area contributed by atoms with Crippen LogP contribution in [0.1, 0.15) is 28.4 Å². The van der Waals surface area contributed by atoms with E-state index in [-0.39, 0.29) is 0 Å². The number of para-hydroxylation sites is 1. The van der Waals surface area contributed by atoms with E-state index in [2.05, 4.69) is 19.8 Å². The molecule has 2 aromatic heterocycles. The summed E-state index contributed by atoms with van der Waals surface area (Å²) in [6.45, 7) is 7.62. The molecule has 186 valence electrons. The van der Waals surface area contributed by atoms with Crippen molar-refractivity contribution in [3.05, 3.63) is 83.2 Å². The van der Waals surface area contributed by atoms with Crippen molar-refractivity contribution in [2.45, 2.75) is 26.4 Å². The summed E-state index contributed by atoms with van der Waals surface area (Å²) in [5.74, 6) is 0.0588. The second-order valence-electron chi connectivity index (χ2n) is 9.42. The lowest BCUT2D eigenvalue weighted by molar-refractivity contribution is -0.144. The van der Waals surface area contributed by atoms with Gasteiger partial charge in [0.05, 0.1) is 18.5 Å². The van der Waals surface area contributed by atoms with Crippen LogP contribution < -0.4 is 4.74 Å². The standard InChI is InChI=1S/C29H32N4O3/c1-19-17-30-24(20(2)28(19)36-3)18-32-13-15-33(16-14-32)27(29(34)35)25-22-11-7-8-12-23(22)31-26(25)21-9-5-4-6-10-21/h4-12,17,27,31H,13-16,18H2,1-3H3,(H,34,35)/t27-/m1/s1. The van der Waals surface area contributed by atoms with Gasteiger partial charge in [-0.25, -0.2) is 0 Å². The Balaban J connectivity index is 1.41. The first-order valence-corrected chi connectivity index (χ1v) is 12.3. The van der Waals surface area contributed by atoms with Gasteiger partial charge in [-0.05, 0) is 25.5 Å². The first-order chi connectivity index (χ1) is 17.5. The molecule has 1 fully saturated rings. The van der Waals surface area contributed by atoms with Gasteiger partial charge < -0.3 is 14.8 Å². The van der Waals surface area contributed by atoms with Crippen LogP contribution >= 0.6 is 0 Å². The van der Waals surface area contributed by atoms with Crippen LogP contribution in [0.3, 0.4) is 0 Å². The van der Waals surface area contributed by atoms with E-state index in [9.17, 15) is 9.90 Å². The molecule has 2 aromatic carbocycles. The Hall–Kier alpha value is -3.68. The highest BCUT2D eigenvalue weighted by atomic mass is 16.5. The van der Waals surface area contributed by atoms with E-state index >= 15 is 0 Å². The number of carboxylic acids is 1. The molecule has 0 bridgehead atoms. The Morgan fingerprint density at radius 2 is 1.75 bits per heavy atom. The molecule has 0 radical (unpaired) electrons. The number of rotatable bonds is 7. The van der Waals surface area contributed by atoms with E-state index in [4.69, 9.17) is 4.74 Å². The molecular formula is C29H32N4O3. The number of aromatic nitrogens is 2. The van der Waals surface area contributed by atoms with Crippen LogP contribution in [0, 0.1) is 13.8 Å². The number of hydrogen-bond donors (Lipinski definition) is 2. The maximum atomic E-state index is 12.8. The highest BCUT2D eigenvalue weighted by Crippen LogP contribution is 2.38. The average molecular weight is 485 g/mol. The SMILES string of the molecule is COc1c(C)cnc(CN2CCN([C@@H](C(=O)O)c3c(-c4ccccc4)[nH]c4ccccc34)CC2)c1C. The molecule has 0 aliphatic carbocycles. The topological polar surface area (TPSA) is 81.7 Å². The quantitative estimate of drug-likeness (QED) is 0.392. The number of hydrogen-bond acceptors (Lipinski definition) is 5. The van der Waals surface area contributed by atoms with Crippen LogP contribution in [0.2, 0.25) is 0 Å². The Morgan fingerprint density at radius 1 is 1.06 bits per heavy atom. The first kappa shape index (κ1) is 24.0. The van der Waals surface area contributed by atoms with Gasteiger partial charge in [0, 0.05) is 66.5 Å². The molecule has 0 unspecified atom stereocenters. The molecule has 1 saturated heterocycles. The third-order valence-corrected chi connectivity index (χ3v) is 7.21. The largest absolute Gasteiger partial charge is 0.496 e. The predicted octanol–water partition coefficient (Wildman–Crippen LogP) is 4.80. The van der Waals surface area contributed by atoms with Gasteiger partial charge in [-0.15, -0.1) is 0 Å². The number of H-pyrrole nitrogens is 1. The number of aliphatic carboxylic acids is 1. The third-order valence-electron chi connectivity index (χ3n) is 7.21. The van der Waals surface area contributed by atoms with Crippen molar-refractivity contribution in [2.24, 2.45) is 0 Å². The van der Waals surface area contributed by atoms with E-state index in [0.717, 1.165) is 69.9 Å². The van der Waals surface area contributed by atoms with E-state index in [0.29, 0.717) is 13.1 Å². The maximum absolute atomic E-state index is 12.8. The fourth-order valence-electron chi connectivity index (χ4n) is 5.36. The normalized spacial score (nSPS) is 15.8. The van der Waals surface area contributed by atoms with Gasteiger partial charge in [0.1, 0.15) is 11.8 Å². The molecule has 7 nitrogen and oxygen atoms in total. The van der Waals surface area contributed by atoms with E-state index < -0.39 is 12.0 Å². The number of aryl methyl sites for hydroxylation is 1. The number of ether oxygens (including phenoxy) is 1. The lowest BCUT2D eigenvalue weighted by Gasteiger charge is -2.38. The van der Waals surface area contributed by atoms with E-state index in [1.807, 2.05) is 74.6 Å². The van der Waals surface area contributed by atoms with Gasteiger partial charge >= 0.3 is 5.97 Å². The van der Waals surface area contributed by atoms with E-state index in [1.54, 1.807) is 7.11 Å². The van der Waals surface area contributed by atoms with Crippen molar-refractivity contribution in [3.63, 3.8) is 0 Å². The smallest absolute Gasteiger partial charge is 0.325 e. The average Bonchev–Trinajstić information content (AvgIpc) is 3.27. The summed E-state index contributed by atoms with van der Waals surface area (Å²) in [4.78, 5) is 25.3. The Labute approximate surface area is 211 Å². The molecule has 1 aliphatic heterocycles. The summed E-state index contributed by atoms with van der Waals surface area (Å²) in [6, 6.07) is 17.2. The molecule has 1 aliphatic rings. The fraction of sp³-hybridized carbons (Fsp3) is 0.310. The Bertz CT molecular complexity index is 1370. The summed E-state index contributed by atoms with van der Waals surface area (Å²) < 4.78 is 5.57. The van der Waals surface area contributed by atoms with Gasteiger partial charge in [0.25, 0.3) is 0 Å². The van der Waals surface area contributed by atoms with Crippen molar-refractivity contribution >= 4 is 16.9 Å². The first-order valence-electron chi connectivity index (χ1n) is 12.3. The molecule has 0 amide bonds. The van der Waals surface area contributed by atoms with Crippen molar-refractivity contribution in [3.8, 4) is 17.0 Å². The number of benzene rings is 2. The number of aromatic amines is 1. The molecule has 3 heterocycles. The summed E-state index contributed by atoms with van der Waals surface area (Å²) in [5, 5.41) is 11.4. The highest BCUT2D eigenvalue weighted by Gasteiger charge is 2.34. The van der Waals surface area contributed by atoms with Crippen molar-refractivity contribution in [1.82, 2.24) is 19.8 Å². The van der Waals surface area contributed by atoms with Crippen LogP contribution in [0.5, 0.6) is 5.75 Å². The van der Waals surface area contributed by atoms with Gasteiger partial charge in [-0.3, -0.25) is 19.6 Å². The lowest BCUT2D eigenvalue weighted by Crippen LogP contribution is -2.49. The fourth-order valence-corrected chi connectivity index (χ4v) is 5.36. The number of carboxylic acid groups (broad SMARTS) is 1. The summed E-state index contributed by atoms with van der Waals surface area (Å²) in [7, 11) is 1.69.